The van der Waals surface area contributed by atoms with Crippen LogP contribution in [0.2, 0.25) is 0 Å². The number of hydrogen-bond acceptors (Lipinski definition) is 2. The fourth-order valence-corrected chi connectivity index (χ4v) is 1.65. The third-order valence-corrected chi connectivity index (χ3v) is 2.70. The van der Waals surface area contributed by atoms with Gasteiger partial charge in [0.25, 0.3) is 0 Å². The maximum absolute atomic E-state index is 10.5. The normalized spacial score (nSPS) is 12.4. The lowest BCUT2D eigenvalue weighted by Gasteiger charge is -2.16. The van der Waals surface area contributed by atoms with Crippen LogP contribution in [0.15, 0.2) is 0 Å². The topological polar surface area (TPSA) is 60.8 Å². The molecule has 5 heteroatoms. The molecule has 0 heterocycles. The average Bonchev–Trinajstić information content (AvgIpc) is 2.00. The Balaban J connectivity index is 3.40. The largest absolute Gasteiger partial charge is 0.326 e. The highest BCUT2D eigenvalue weighted by atomic mass is 31.2. The van der Waals surface area contributed by atoms with Gasteiger partial charge in [-0.2, -0.15) is 0 Å². The van der Waals surface area contributed by atoms with Gasteiger partial charge < -0.3 is 14.7 Å². The second kappa shape index (κ2) is 6.55. The Morgan fingerprint density at radius 3 is 2.31 bits per heavy atom. The first kappa shape index (κ1) is 13.1. The van der Waals surface area contributed by atoms with Crippen molar-refractivity contribution in [3.05, 3.63) is 0 Å². The molecule has 0 aromatic carbocycles. The van der Waals surface area contributed by atoms with Crippen LogP contribution in [0.1, 0.15) is 26.2 Å². The first-order valence-electron chi connectivity index (χ1n) is 4.69. The minimum atomic E-state index is -3.80. The third kappa shape index (κ3) is 10.0. The van der Waals surface area contributed by atoms with Crippen LogP contribution in [-0.2, 0) is 4.57 Å². The van der Waals surface area contributed by atoms with E-state index >= 15 is 0 Å². The highest BCUT2D eigenvalue weighted by Crippen LogP contribution is 2.33. The lowest BCUT2D eigenvalue weighted by Crippen LogP contribution is -2.23. The van der Waals surface area contributed by atoms with Crippen molar-refractivity contribution < 1.29 is 14.4 Å². The van der Waals surface area contributed by atoms with E-state index in [1.807, 2.05) is 11.9 Å². The molecule has 0 atom stereocenters. The zero-order chi connectivity index (χ0) is 10.3. The average molecular weight is 209 g/mol. The maximum Gasteiger partial charge on any atom is 0.326 e. The summed E-state index contributed by atoms with van der Waals surface area (Å²) in [6, 6.07) is 0. The first-order valence-corrected chi connectivity index (χ1v) is 6.48. The van der Waals surface area contributed by atoms with Crippen LogP contribution >= 0.6 is 7.60 Å². The zero-order valence-electron chi connectivity index (χ0n) is 8.44. The summed E-state index contributed by atoms with van der Waals surface area (Å²) in [5.74, 6) is 0. The highest BCUT2D eigenvalue weighted by molar-refractivity contribution is 7.51. The molecule has 4 nitrogen and oxygen atoms in total. The van der Waals surface area contributed by atoms with Crippen molar-refractivity contribution in [1.82, 2.24) is 4.90 Å². The second-order valence-corrected chi connectivity index (χ2v) is 5.18. The van der Waals surface area contributed by atoms with Gasteiger partial charge in [0.2, 0.25) is 0 Å². The van der Waals surface area contributed by atoms with Gasteiger partial charge in [0, 0.05) is 6.54 Å². The van der Waals surface area contributed by atoms with Crippen molar-refractivity contribution in [2.24, 2.45) is 0 Å². The van der Waals surface area contributed by atoms with Gasteiger partial charge in [-0.1, -0.05) is 19.8 Å². The number of nitrogens with zero attached hydrogens (tertiary/aromatic N) is 1. The minimum Gasteiger partial charge on any atom is -0.324 e. The van der Waals surface area contributed by atoms with E-state index in [0.29, 0.717) is 6.54 Å². The monoisotopic (exact) mass is 209 g/mol. The molecule has 0 spiro atoms. The van der Waals surface area contributed by atoms with Crippen molar-refractivity contribution >= 4 is 7.60 Å². The third-order valence-electron chi connectivity index (χ3n) is 1.92. The summed E-state index contributed by atoms with van der Waals surface area (Å²) in [7, 11) is -1.91. The molecule has 0 aliphatic rings. The lowest BCUT2D eigenvalue weighted by atomic mass is 10.2. The van der Waals surface area contributed by atoms with Gasteiger partial charge in [0.05, 0.1) is 6.16 Å². The molecule has 0 unspecified atom stereocenters. The van der Waals surface area contributed by atoms with E-state index in [0.717, 1.165) is 13.0 Å². The Labute approximate surface area is 80.1 Å². The van der Waals surface area contributed by atoms with Crippen LogP contribution in [0.5, 0.6) is 0 Å². The van der Waals surface area contributed by atoms with Crippen molar-refractivity contribution in [2.75, 3.05) is 26.3 Å². The van der Waals surface area contributed by atoms with Gasteiger partial charge in [-0.15, -0.1) is 0 Å². The van der Waals surface area contributed by atoms with E-state index in [9.17, 15) is 4.57 Å². The Morgan fingerprint density at radius 1 is 1.23 bits per heavy atom. The van der Waals surface area contributed by atoms with Crippen LogP contribution in [0, 0.1) is 0 Å². The van der Waals surface area contributed by atoms with Crippen LogP contribution < -0.4 is 0 Å². The Kier molecular flexibility index (Phi) is 6.60. The fourth-order valence-electron chi connectivity index (χ4n) is 1.04. The fraction of sp³-hybridized carbons (Fsp3) is 1.00. The summed E-state index contributed by atoms with van der Waals surface area (Å²) in [5.41, 5.74) is 0. The molecule has 0 saturated carbocycles. The molecule has 0 aromatic heterocycles. The van der Waals surface area contributed by atoms with Crippen molar-refractivity contribution in [2.45, 2.75) is 26.2 Å². The Hall–Kier alpha value is 0.110. The van der Waals surface area contributed by atoms with Gasteiger partial charge >= 0.3 is 7.60 Å². The van der Waals surface area contributed by atoms with Crippen molar-refractivity contribution in [1.29, 1.82) is 0 Å². The molecule has 0 bridgehead atoms. The Morgan fingerprint density at radius 2 is 1.85 bits per heavy atom. The van der Waals surface area contributed by atoms with Crippen LogP contribution in [0.25, 0.3) is 0 Å². The number of rotatable bonds is 7. The summed E-state index contributed by atoms with van der Waals surface area (Å²) >= 11 is 0. The SMILES string of the molecule is CCCCCN(C)CCP(=O)(O)O. The smallest absolute Gasteiger partial charge is 0.324 e. The van der Waals surface area contributed by atoms with Crippen molar-refractivity contribution in [3.8, 4) is 0 Å². The van der Waals surface area contributed by atoms with E-state index in [4.69, 9.17) is 9.79 Å². The molecule has 0 aliphatic carbocycles. The number of hydrogen-bond donors (Lipinski definition) is 2. The van der Waals surface area contributed by atoms with E-state index in [2.05, 4.69) is 6.92 Å². The lowest BCUT2D eigenvalue weighted by molar-refractivity contribution is 0.322. The van der Waals surface area contributed by atoms with E-state index in [1.165, 1.54) is 12.8 Å². The van der Waals surface area contributed by atoms with Gasteiger partial charge in [0.15, 0.2) is 0 Å². The zero-order valence-corrected chi connectivity index (χ0v) is 9.33. The molecule has 80 valence electrons. The van der Waals surface area contributed by atoms with Gasteiger partial charge in [-0.25, -0.2) is 0 Å². The number of unbranched alkanes of at least 4 members (excludes halogenated alkanes) is 2. The maximum atomic E-state index is 10.5. The van der Waals surface area contributed by atoms with E-state index in [-0.39, 0.29) is 6.16 Å². The quantitative estimate of drug-likeness (QED) is 0.490. The van der Waals surface area contributed by atoms with Gasteiger partial charge in [-0.05, 0) is 20.0 Å². The Bertz CT molecular complexity index is 169. The summed E-state index contributed by atoms with van der Waals surface area (Å²) in [6.45, 7) is 3.54. The minimum absolute atomic E-state index is 0.0321. The summed E-state index contributed by atoms with van der Waals surface area (Å²) in [4.78, 5) is 19.2. The van der Waals surface area contributed by atoms with E-state index < -0.39 is 7.60 Å². The molecule has 0 fully saturated rings. The molecule has 0 aliphatic heterocycles. The van der Waals surface area contributed by atoms with Crippen LogP contribution in [0.4, 0.5) is 0 Å². The molecule has 0 amide bonds. The highest BCUT2D eigenvalue weighted by Gasteiger charge is 2.13. The van der Waals surface area contributed by atoms with Gasteiger partial charge in [0.1, 0.15) is 0 Å². The first-order chi connectivity index (χ1) is 5.95. The van der Waals surface area contributed by atoms with Crippen molar-refractivity contribution in [3.63, 3.8) is 0 Å². The van der Waals surface area contributed by atoms with Crippen LogP contribution in [-0.4, -0.2) is 41.0 Å². The molecule has 0 saturated heterocycles. The molecular formula is C8H20NO3P. The molecule has 13 heavy (non-hydrogen) atoms. The molecular weight excluding hydrogens is 189 g/mol. The molecule has 0 radical (unpaired) electrons. The molecule has 0 rings (SSSR count). The molecule has 0 aromatic rings. The molecule has 2 N–H and O–H groups in total. The predicted molar refractivity (Wildman–Crippen MR) is 53.9 cm³/mol. The van der Waals surface area contributed by atoms with E-state index in [1.54, 1.807) is 0 Å². The van der Waals surface area contributed by atoms with Gasteiger partial charge in [-0.3, -0.25) is 4.57 Å². The standard InChI is InChI=1S/C8H20NO3P/c1-3-4-5-6-9(2)7-8-13(10,11)12/h3-8H2,1-2H3,(H2,10,11,12). The summed E-state index contributed by atoms with van der Waals surface area (Å²) < 4.78 is 10.5. The second-order valence-electron chi connectivity index (χ2n) is 3.40. The predicted octanol–water partition coefficient (Wildman–Crippen LogP) is 1.29. The van der Waals surface area contributed by atoms with Crippen LogP contribution in [0.3, 0.4) is 0 Å². The summed E-state index contributed by atoms with van der Waals surface area (Å²) in [5, 5.41) is 0. The summed E-state index contributed by atoms with van der Waals surface area (Å²) in [6.07, 6.45) is 3.43.